The van der Waals surface area contributed by atoms with Crippen LogP contribution in [0.25, 0.3) is 0 Å². The van der Waals surface area contributed by atoms with E-state index in [0.717, 1.165) is 0 Å². The second-order valence-corrected chi connectivity index (χ2v) is 3.32. The van der Waals surface area contributed by atoms with Gasteiger partial charge in [0.1, 0.15) is 17.2 Å². The van der Waals surface area contributed by atoms with Crippen LogP contribution >= 0.6 is 0 Å². The molecule has 4 heteroatoms. The smallest absolute Gasteiger partial charge is 0.150 e. The highest BCUT2D eigenvalue weighted by Crippen LogP contribution is 2.30. The van der Waals surface area contributed by atoms with Gasteiger partial charge in [0.15, 0.2) is 5.75 Å². The molecule has 0 saturated heterocycles. The van der Waals surface area contributed by atoms with Gasteiger partial charge in [0.2, 0.25) is 0 Å². The predicted octanol–water partition coefficient (Wildman–Crippen LogP) is 2.47. The van der Waals surface area contributed by atoms with E-state index in [1.807, 2.05) is 0 Å². The molecule has 0 bridgehead atoms. The third-order valence-corrected chi connectivity index (χ3v) is 2.06. The molecule has 0 aliphatic carbocycles. The van der Waals surface area contributed by atoms with Crippen molar-refractivity contribution < 1.29 is 14.9 Å². The minimum atomic E-state index is 0.0931. The Bertz CT molecular complexity index is 494. The lowest BCUT2D eigenvalue weighted by Gasteiger charge is -2.08. The number of aromatic hydroxyl groups is 2. The molecule has 0 aliphatic rings. The Balaban J connectivity index is 2.23. The van der Waals surface area contributed by atoms with Crippen LogP contribution in [0.3, 0.4) is 0 Å². The Morgan fingerprint density at radius 3 is 2.12 bits per heavy atom. The average Bonchev–Trinajstić information content (AvgIpc) is 2.25. The summed E-state index contributed by atoms with van der Waals surface area (Å²) in [5, 5.41) is 18.3. The zero-order valence-corrected chi connectivity index (χ0v) is 8.42. The van der Waals surface area contributed by atoms with E-state index in [1.165, 1.54) is 24.3 Å². The van der Waals surface area contributed by atoms with Crippen LogP contribution in [0, 0.1) is 0 Å². The molecule has 0 amide bonds. The molecule has 2 aromatic rings. The van der Waals surface area contributed by atoms with Gasteiger partial charge < -0.3 is 20.7 Å². The summed E-state index contributed by atoms with van der Waals surface area (Å²) < 4.78 is 5.47. The lowest BCUT2D eigenvalue weighted by Crippen LogP contribution is -1.91. The third-order valence-electron chi connectivity index (χ3n) is 2.06. The van der Waals surface area contributed by atoms with Gasteiger partial charge in [-0.1, -0.05) is 0 Å². The van der Waals surface area contributed by atoms with E-state index in [2.05, 4.69) is 0 Å². The summed E-state index contributed by atoms with van der Waals surface area (Å²) in [6.45, 7) is 0. The molecule has 0 heterocycles. The molecule has 0 fully saturated rings. The first-order valence-electron chi connectivity index (χ1n) is 4.70. The van der Waals surface area contributed by atoms with Crippen molar-refractivity contribution in [2.45, 2.75) is 0 Å². The fraction of sp³-hybridized carbons (Fsp3) is 0. The summed E-state index contributed by atoms with van der Waals surface area (Å²) in [5.74, 6) is 1.29. The van der Waals surface area contributed by atoms with Crippen molar-refractivity contribution in [3.05, 3.63) is 42.5 Å². The molecule has 4 N–H and O–H groups in total. The molecule has 4 nitrogen and oxygen atoms in total. The number of phenolic OH excluding ortho intramolecular Hbond substituents is 2. The highest BCUT2D eigenvalue weighted by atomic mass is 16.5. The van der Waals surface area contributed by atoms with E-state index >= 15 is 0 Å². The summed E-state index contributed by atoms with van der Waals surface area (Å²) in [4.78, 5) is 0. The van der Waals surface area contributed by atoms with Crippen LogP contribution in [0.15, 0.2) is 42.5 Å². The van der Waals surface area contributed by atoms with Crippen molar-refractivity contribution in [2.75, 3.05) is 5.73 Å². The summed E-state index contributed by atoms with van der Waals surface area (Å²) in [6, 6.07) is 10.8. The number of anilines is 1. The number of hydrogen-bond acceptors (Lipinski definition) is 4. The minimum Gasteiger partial charge on any atom is -0.508 e. The SMILES string of the molecule is Nc1cc(O)ccc1Oc1ccc(O)cc1. The van der Waals surface area contributed by atoms with E-state index < -0.39 is 0 Å². The molecular weight excluding hydrogens is 206 g/mol. The molecule has 0 radical (unpaired) electrons. The van der Waals surface area contributed by atoms with Crippen molar-refractivity contribution >= 4 is 5.69 Å². The molecule has 0 aromatic heterocycles. The van der Waals surface area contributed by atoms with Gasteiger partial charge in [-0.3, -0.25) is 0 Å². The molecule has 0 spiro atoms. The lowest BCUT2D eigenvalue weighted by atomic mass is 10.2. The van der Waals surface area contributed by atoms with E-state index in [9.17, 15) is 5.11 Å². The normalized spacial score (nSPS) is 10.0. The van der Waals surface area contributed by atoms with Gasteiger partial charge in [-0.05, 0) is 36.4 Å². The topological polar surface area (TPSA) is 75.7 Å². The summed E-state index contributed by atoms with van der Waals surface area (Å²) in [5.41, 5.74) is 6.02. The fourth-order valence-corrected chi connectivity index (χ4v) is 1.27. The number of hydrogen-bond donors (Lipinski definition) is 3. The molecule has 2 aromatic carbocycles. The van der Waals surface area contributed by atoms with Crippen LogP contribution in [0.4, 0.5) is 5.69 Å². The van der Waals surface area contributed by atoms with Crippen molar-refractivity contribution in [3.8, 4) is 23.0 Å². The molecule has 2 rings (SSSR count). The number of phenols is 2. The van der Waals surface area contributed by atoms with Crippen molar-refractivity contribution in [3.63, 3.8) is 0 Å². The lowest BCUT2D eigenvalue weighted by molar-refractivity contribution is 0.460. The van der Waals surface area contributed by atoms with E-state index in [4.69, 9.17) is 15.6 Å². The molecule has 0 aliphatic heterocycles. The minimum absolute atomic E-state index is 0.0931. The Morgan fingerprint density at radius 1 is 0.875 bits per heavy atom. The molecule has 82 valence electrons. The molecule has 0 saturated carbocycles. The Morgan fingerprint density at radius 2 is 1.50 bits per heavy atom. The molecular formula is C12H11NO3. The standard InChI is InChI=1S/C12H11NO3/c13-11-7-9(15)3-6-12(11)16-10-4-1-8(14)2-5-10/h1-7,14-15H,13H2. The second-order valence-electron chi connectivity index (χ2n) is 3.32. The fourth-order valence-electron chi connectivity index (χ4n) is 1.27. The van der Waals surface area contributed by atoms with E-state index in [1.54, 1.807) is 18.2 Å². The number of nitrogens with two attached hydrogens (primary N) is 1. The summed E-state index contributed by atoms with van der Waals surface area (Å²) in [6.07, 6.45) is 0. The Labute approximate surface area is 92.5 Å². The monoisotopic (exact) mass is 217 g/mol. The van der Waals surface area contributed by atoms with Crippen molar-refractivity contribution in [1.82, 2.24) is 0 Å². The largest absolute Gasteiger partial charge is 0.508 e. The van der Waals surface area contributed by atoms with Crippen molar-refractivity contribution in [1.29, 1.82) is 0 Å². The van der Waals surface area contributed by atoms with Crippen LogP contribution < -0.4 is 10.5 Å². The highest BCUT2D eigenvalue weighted by molar-refractivity contribution is 5.57. The zero-order chi connectivity index (χ0) is 11.5. The van der Waals surface area contributed by atoms with Crippen LogP contribution in [-0.2, 0) is 0 Å². The second kappa shape index (κ2) is 4.02. The highest BCUT2D eigenvalue weighted by Gasteiger charge is 2.03. The Kier molecular flexibility index (Phi) is 2.55. The average molecular weight is 217 g/mol. The van der Waals surface area contributed by atoms with Crippen LogP contribution in [0.2, 0.25) is 0 Å². The van der Waals surface area contributed by atoms with Gasteiger partial charge in [0.25, 0.3) is 0 Å². The van der Waals surface area contributed by atoms with Crippen LogP contribution in [-0.4, -0.2) is 10.2 Å². The van der Waals surface area contributed by atoms with Gasteiger partial charge in [0, 0.05) is 6.07 Å². The first-order chi connectivity index (χ1) is 7.65. The number of benzene rings is 2. The van der Waals surface area contributed by atoms with Crippen LogP contribution in [0.5, 0.6) is 23.0 Å². The molecule has 0 atom stereocenters. The maximum absolute atomic E-state index is 9.17. The quantitative estimate of drug-likeness (QED) is 0.675. The maximum Gasteiger partial charge on any atom is 0.150 e. The van der Waals surface area contributed by atoms with Gasteiger partial charge in [-0.25, -0.2) is 0 Å². The maximum atomic E-state index is 9.17. The first-order valence-corrected chi connectivity index (χ1v) is 4.70. The van der Waals surface area contributed by atoms with Gasteiger partial charge in [-0.2, -0.15) is 0 Å². The van der Waals surface area contributed by atoms with E-state index in [-0.39, 0.29) is 11.5 Å². The number of ether oxygens (including phenoxy) is 1. The number of nitrogen functional groups attached to an aromatic ring is 1. The van der Waals surface area contributed by atoms with Gasteiger partial charge in [0.05, 0.1) is 5.69 Å². The Hall–Kier alpha value is -2.36. The van der Waals surface area contributed by atoms with Crippen LogP contribution in [0.1, 0.15) is 0 Å². The zero-order valence-electron chi connectivity index (χ0n) is 8.42. The molecule has 0 unspecified atom stereocenters. The molecule has 16 heavy (non-hydrogen) atoms. The summed E-state index contributed by atoms with van der Waals surface area (Å²) >= 11 is 0. The number of rotatable bonds is 2. The van der Waals surface area contributed by atoms with E-state index in [0.29, 0.717) is 17.2 Å². The van der Waals surface area contributed by atoms with Gasteiger partial charge >= 0.3 is 0 Å². The van der Waals surface area contributed by atoms with Gasteiger partial charge in [-0.15, -0.1) is 0 Å². The predicted molar refractivity (Wildman–Crippen MR) is 60.7 cm³/mol. The first kappa shape index (κ1) is 10.2. The van der Waals surface area contributed by atoms with Crippen molar-refractivity contribution in [2.24, 2.45) is 0 Å². The summed E-state index contributed by atoms with van der Waals surface area (Å²) in [7, 11) is 0. The third kappa shape index (κ3) is 2.17.